The lowest BCUT2D eigenvalue weighted by molar-refractivity contribution is -0.141. The largest absolute Gasteiger partial charge is 0.491 e. The van der Waals surface area contributed by atoms with Gasteiger partial charge in [0, 0.05) is 51.3 Å². The van der Waals surface area contributed by atoms with E-state index >= 15 is 0 Å². The molecule has 2 aliphatic heterocycles. The Hall–Kier alpha value is -4.29. The molecule has 0 bridgehead atoms. The highest BCUT2D eigenvalue weighted by atomic mass is 16.6. The van der Waals surface area contributed by atoms with E-state index in [2.05, 4.69) is 32.3 Å². The number of amides is 2. The lowest BCUT2D eigenvalue weighted by atomic mass is 10.0. The third-order valence-electron chi connectivity index (χ3n) is 9.05. The van der Waals surface area contributed by atoms with E-state index in [1.165, 1.54) is 6.92 Å². The van der Waals surface area contributed by atoms with Gasteiger partial charge in [0.25, 0.3) is 0 Å². The molecule has 3 aliphatic rings. The predicted molar refractivity (Wildman–Crippen MR) is 185 cm³/mol. The molecule has 13 heteroatoms. The second-order valence-corrected chi connectivity index (χ2v) is 13.8. The molecule has 1 aliphatic carbocycles. The fourth-order valence-electron chi connectivity index (χ4n) is 6.72. The SMILES string of the molecule is CC[C@@H]1C(=O)N(C)c2cnc(Nc3cc(N4CCC(NC(=O)OC(C)(C)C)CC4)ccc3OCCCOC(C)=O)nc2N1C1CCCC1. The molecule has 1 aromatic carbocycles. The van der Waals surface area contributed by atoms with Crippen LogP contribution in [0.25, 0.3) is 0 Å². The van der Waals surface area contributed by atoms with Crippen molar-refractivity contribution in [3.63, 3.8) is 0 Å². The average molecular weight is 666 g/mol. The van der Waals surface area contributed by atoms with Gasteiger partial charge in [-0.1, -0.05) is 19.8 Å². The Labute approximate surface area is 283 Å². The molecule has 1 saturated heterocycles. The van der Waals surface area contributed by atoms with Crippen LogP contribution in [0.5, 0.6) is 5.75 Å². The first kappa shape index (κ1) is 35.0. The van der Waals surface area contributed by atoms with E-state index in [0.717, 1.165) is 63.1 Å². The molecule has 2 fully saturated rings. The quantitative estimate of drug-likeness (QED) is 0.231. The van der Waals surface area contributed by atoms with Crippen molar-refractivity contribution in [1.29, 1.82) is 0 Å². The minimum Gasteiger partial charge on any atom is -0.491 e. The number of hydrogen-bond donors (Lipinski definition) is 2. The van der Waals surface area contributed by atoms with Gasteiger partial charge in [-0.05, 0) is 71.1 Å². The van der Waals surface area contributed by atoms with Gasteiger partial charge in [-0.2, -0.15) is 4.98 Å². The zero-order valence-electron chi connectivity index (χ0n) is 29.2. The molecule has 0 unspecified atom stereocenters. The van der Waals surface area contributed by atoms with Crippen molar-refractivity contribution in [3.05, 3.63) is 24.4 Å². The number of benzene rings is 1. The molecule has 2 aromatic rings. The zero-order valence-corrected chi connectivity index (χ0v) is 29.2. The van der Waals surface area contributed by atoms with Gasteiger partial charge in [-0.25, -0.2) is 9.78 Å². The molecule has 5 rings (SSSR count). The van der Waals surface area contributed by atoms with Crippen molar-refractivity contribution < 1.29 is 28.6 Å². The maximum absolute atomic E-state index is 13.3. The van der Waals surface area contributed by atoms with Gasteiger partial charge in [0.15, 0.2) is 5.82 Å². The van der Waals surface area contributed by atoms with Gasteiger partial charge in [0.05, 0.1) is 25.1 Å². The van der Waals surface area contributed by atoms with Crippen LogP contribution in [0.15, 0.2) is 24.4 Å². The molecule has 2 amide bonds. The maximum atomic E-state index is 13.3. The number of fused-ring (bicyclic) bond motifs is 1. The summed E-state index contributed by atoms with van der Waals surface area (Å²) in [7, 11) is 1.80. The number of nitrogens with zero attached hydrogens (tertiary/aromatic N) is 5. The molecule has 3 heterocycles. The summed E-state index contributed by atoms with van der Waals surface area (Å²) >= 11 is 0. The lowest BCUT2D eigenvalue weighted by Crippen LogP contribution is -2.55. The number of likely N-dealkylation sites (N-methyl/N-ethyl adjacent to an activating group) is 1. The number of hydrogen-bond acceptors (Lipinski definition) is 11. The van der Waals surface area contributed by atoms with Gasteiger partial charge in [0.2, 0.25) is 11.9 Å². The van der Waals surface area contributed by atoms with E-state index in [0.29, 0.717) is 42.5 Å². The number of nitrogens with one attached hydrogen (secondary N) is 2. The van der Waals surface area contributed by atoms with Crippen LogP contribution in [0.3, 0.4) is 0 Å². The molecular weight excluding hydrogens is 614 g/mol. The Morgan fingerprint density at radius 1 is 1.06 bits per heavy atom. The molecule has 2 N–H and O–H groups in total. The van der Waals surface area contributed by atoms with E-state index in [-0.39, 0.29) is 42.7 Å². The number of carbonyl (C=O) groups excluding carboxylic acids is 3. The monoisotopic (exact) mass is 665 g/mol. The van der Waals surface area contributed by atoms with Crippen molar-refractivity contribution in [1.82, 2.24) is 15.3 Å². The molecule has 1 saturated carbocycles. The highest BCUT2D eigenvalue weighted by Crippen LogP contribution is 2.41. The van der Waals surface area contributed by atoms with Crippen molar-refractivity contribution >= 4 is 46.8 Å². The van der Waals surface area contributed by atoms with Crippen molar-refractivity contribution in [3.8, 4) is 5.75 Å². The fourth-order valence-corrected chi connectivity index (χ4v) is 6.72. The van der Waals surface area contributed by atoms with Crippen LogP contribution in [0.4, 0.5) is 33.6 Å². The lowest BCUT2D eigenvalue weighted by Gasteiger charge is -2.43. The van der Waals surface area contributed by atoms with Crippen LogP contribution in [-0.2, 0) is 19.1 Å². The Bertz CT molecular complexity index is 1450. The molecule has 0 radical (unpaired) electrons. The van der Waals surface area contributed by atoms with Crippen LogP contribution in [0.2, 0.25) is 0 Å². The molecule has 262 valence electrons. The number of anilines is 5. The number of alkyl carbamates (subject to hydrolysis) is 1. The summed E-state index contributed by atoms with van der Waals surface area (Å²) in [5.41, 5.74) is 1.87. The van der Waals surface area contributed by atoms with Crippen molar-refractivity contribution in [2.45, 2.75) is 110 Å². The van der Waals surface area contributed by atoms with Gasteiger partial charge in [-0.3, -0.25) is 9.59 Å². The number of aromatic nitrogens is 2. The topological polar surface area (TPSA) is 138 Å². The van der Waals surface area contributed by atoms with E-state index in [4.69, 9.17) is 19.2 Å². The van der Waals surface area contributed by atoms with Crippen LogP contribution >= 0.6 is 0 Å². The third-order valence-corrected chi connectivity index (χ3v) is 9.05. The molecule has 1 aromatic heterocycles. The minimum absolute atomic E-state index is 0.0391. The predicted octanol–water partition coefficient (Wildman–Crippen LogP) is 5.55. The molecule has 0 spiro atoms. The summed E-state index contributed by atoms with van der Waals surface area (Å²) in [5, 5.41) is 6.43. The molecule has 1 atom stereocenters. The van der Waals surface area contributed by atoms with Gasteiger partial charge >= 0.3 is 12.1 Å². The Morgan fingerprint density at radius 3 is 2.46 bits per heavy atom. The second kappa shape index (κ2) is 15.3. The first-order valence-corrected chi connectivity index (χ1v) is 17.3. The van der Waals surface area contributed by atoms with Gasteiger partial charge in [0.1, 0.15) is 23.1 Å². The fraction of sp³-hybridized carbons (Fsp3) is 0.629. The van der Waals surface area contributed by atoms with E-state index < -0.39 is 5.60 Å². The second-order valence-electron chi connectivity index (χ2n) is 13.8. The highest BCUT2D eigenvalue weighted by molar-refractivity contribution is 6.04. The van der Waals surface area contributed by atoms with E-state index in [1.54, 1.807) is 18.1 Å². The van der Waals surface area contributed by atoms with Crippen LogP contribution < -0.4 is 30.1 Å². The summed E-state index contributed by atoms with van der Waals surface area (Å²) < 4.78 is 16.7. The Morgan fingerprint density at radius 2 is 1.79 bits per heavy atom. The van der Waals surface area contributed by atoms with Crippen LogP contribution in [0, 0.1) is 0 Å². The van der Waals surface area contributed by atoms with E-state index in [9.17, 15) is 14.4 Å². The summed E-state index contributed by atoms with van der Waals surface area (Å²) in [5.74, 6) is 1.56. The number of piperidine rings is 1. The standard InChI is InChI=1S/C35H51N7O6/c1-7-28-32(44)40(6)29-22-36-33(39-31(29)42(28)25-11-8-9-12-25)38-27-21-26(13-14-30(27)47-20-10-19-46-23(2)43)41-17-15-24(16-18-41)37-34(45)48-35(3,4)5/h13-14,21-22,24-25,28H,7-12,15-20H2,1-6H3,(H,37,45)(H,36,38,39)/t28-/m1/s1. The first-order valence-electron chi connectivity index (χ1n) is 17.3. The summed E-state index contributed by atoms with van der Waals surface area (Å²) in [6.45, 7) is 11.2. The molecule has 48 heavy (non-hydrogen) atoms. The highest BCUT2D eigenvalue weighted by Gasteiger charge is 2.41. The Kier molecular flexibility index (Phi) is 11.2. The zero-order chi connectivity index (χ0) is 34.4. The molecular formula is C35H51N7O6. The normalized spacial score (nSPS) is 18.8. The minimum atomic E-state index is -0.542. The third kappa shape index (κ3) is 8.59. The number of carbonyl (C=O) groups is 3. The van der Waals surface area contributed by atoms with Gasteiger partial charge < -0.3 is 39.5 Å². The summed E-state index contributed by atoms with van der Waals surface area (Å²) in [6.07, 6.45) is 8.51. The van der Waals surface area contributed by atoms with Gasteiger partial charge in [-0.15, -0.1) is 0 Å². The average Bonchev–Trinajstić information content (AvgIpc) is 3.57. The van der Waals surface area contributed by atoms with E-state index in [1.807, 2.05) is 39.0 Å². The Balaban J connectivity index is 1.36. The smallest absolute Gasteiger partial charge is 0.407 e. The summed E-state index contributed by atoms with van der Waals surface area (Å²) in [6, 6.07) is 6.03. The van der Waals surface area contributed by atoms with Crippen LogP contribution in [0.1, 0.15) is 86.0 Å². The maximum Gasteiger partial charge on any atom is 0.407 e. The molecule has 13 nitrogen and oxygen atoms in total. The van der Waals surface area contributed by atoms with Crippen LogP contribution in [-0.4, -0.2) is 85.0 Å². The number of rotatable bonds is 11. The number of ether oxygens (including phenoxy) is 3. The van der Waals surface area contributed by atoms with Crippen molar-refractivity contribution in [2.75, 3.05) is 53.4 Å². The van der Waals surface area contributed by atoms with Crippen molar-refractivity contribution in [2.24, 2.45) is 0 Å². The first-order chi connectivity index (χ1) is 22.9. The number of esters is 1. The summed E-state index contributed by atoms with van der Waals surface area (Å²) in [4.78, 5) is 52.7.